The first kappa shape index (κ1) is 33.9. The van der Waals surface area contributed by atoms with Gasteiger partial charge in [-0.1, -0.05) is 178 Å². The van der Waals surface area contributed by atoms with Crippen LogP contribution < -0.4 is 0 Å². The third-order valence-electron chi connectivity index (χ3n) is 11.8. The molecule has 0 fully saturated rings. The van der Waals surface area contributed by atoms with E-state index in [0.29, 0.717) is 17.5 Å². The highest BCUT2D eigenvalue weighted by atomic mass is 16.3. The van der Waals surface area contributed by atoms with Crippen LogP contribution in [0.4, 0.5) is 0 Å². The Hall–Kier alpha value is -7.43. The lowest BCUT2D eigenvalue weighted by molar-refractivity contribution is 0.660. The van der Waals surface area contributed by atoms with Crippen molar-refractivity contribution in [3.63, 3.8) is 0 Å². The van der Waals surface area contributed by atoms with Crippen molar-refractivity contribution in [2.75, 3.05) is 0 Å². The molecule has 0 N–H and O–H groups in total. The predicted molar refractivity (Wildman–Crippen MR) is 237 cm³/mol. The first-order valence-electron chi connectivity index (χ1n) is 19.8. The normalized spacial score (nSPS) is 12.8. The van der Waals surface area contributed by atoms with Crippen LogP contribution in [0.1, 0.15) is 25.0 Å². The minimum atomic E-state index is -0.0395. The number of rotatable bonds is 6. The maximum absolute atomic E-state index is 6.49. The molecule has 0 saturated carbocycles. The van der Waals surface area contributed by atoms with Gasteiger partial charge in [0, 0.05) is 32.9 Å². The smallest absolute Gasteiger partial charge is 0.164 e. The number of aromatic nitrogens is 3. The lowest BCUT2D eigenvalue weighted by Gasteiger charge is -2.22. The van der Waals surface area contributed by atoms with Crippen molar-refractivity contribution >= 4 is 21.9 Å². The molecule has 0 saturated heterocycles. The summed E-state index contributed by atoms with van der Waals surface area (Å²) in [7, 11) is 0. The van der Waals surface area contributed by atoms with Crippen molar-refractivity contribution in [2.24, 2.45) is 0 Å². The first-order chi connectivity index (χ1) is 28.5. The molecule has 274 valence electrons. The Morgan fingerprint density at radius 3 is 1.62 bits per heavy atom. The van der Waals surface area contributed by atoms with Gasteiger partial charge in [0.2, 0.25) is 0 Å². The van der Waals surface area contributed by atoms with Gasteiger partial charge in [0.05, 0.1) is 0 Å². The highest BCUT2D eigenvalue weighted by Crippen LogP contribution is 2.49. The van der Waals surface area contributed by atoms with E-state index in [1.807, 2.05) is 54.6 Å². The molecule has 58 heavy (non-hydrogen) atoms. The van der Waals surface area contributed by atoms with Gasteiger partial charge >= 0.3 is 0 Å². The third kappa shape index (κ3) is 5.56. The zero-order valence-electron chi connectivity index (χ0n) is 32.1. The molecular formula is C54H37N3O. The van der Waals surface area contributed by atoms with Crippen LogP contribution in [0.3, 0.4) is 0 Å². The molecule has 1 aliphatic carbocycles. The summed E-state index contributed by atoms with van der Waals surface area (Å²) in [6.07, 6.45) is 0. The summed E-state index contributed by atoms with van der Waals surface area (Å²) in [6, 6.07) is 66.1. The average Bonchev–Trinajstić information content (AvgIpc) is 3.78. The highest BCUT2D eigenvalue weighted by Gasteiger charge is 2.35. The molecule has 11 rings (SSSR count). The Balaban J connectivity index is 1.01. The topological polar surface area (TPSA) is 51.8 Å². The van der Waals surface area contributed by atoms with Gasteiger partial charge in [-0.3, -0.25) is 0 Å². The van der Waals surface area contributed by atoms with Gasteiger partial charge in [-0.25, -0.2) is 15.0 Å². The number of furan rings is 1. The van der Waals surface area contributed by atoms with Crippen LogP contribution >= 0.6 is 0 Å². The quantitative estimate of drug-likeness (QED) is 0.170. The molecule has 4 heteroatoms. The summed E-state index contributed by atoms with van der Waals surface area (Å²) in [5.74, 6) is 1.83. The van der Waals surface area contributed by atoms with E-state index in [-0.39, 0.29) is 5.41 Å². The van der Waals surface area contributed by atoms with E-state index in [1.54, 1.807) is 0 Å². The minimum absolute atomic E-state index is 0.0395. The SMILES string of the molecule is CC1(C)c2ccccc2-c2ccc(-c3ccc(-c4ccc5oc6cccc(-c7nc(-c8ccccc8)nc(-c8ccccc8-c8ccccc8)n7)c6c5c4)cc3)cc21. The van der Waals surface area contributed by atoms with Crippen LogP contribution in [0, 0.1) is 0 Å². The molecule has 2 heterocycles. The molecular weight excluding hydrogens is 707 g/mol. The van der Waals surface area contributed by atoms with Crippen molar-refractivity contribution in [3.05, 3.63) is 199 Å². The standard InChI is InChI=1S/C54H37N3O/c1-54(2)46-22-12-11-19-41(46)42-30-28-39(33-47(42)54)35-26-24-34(25-27-35)38-29-31-48-45(32-38)50-44(21-13-23-49(50)58-48)53-56-51(37-16-7-4-8-17-37)55-52(57-53)43-20-10-9-18-40(43)36-14-5-3-6-15-36/h3-33H,1-2H3. The maximum atomic E-state index is 6.49. The van der Waals surface area contributed by atoms with Crippen molar-refractivity contribution in [3.8, 4) is 78.7 Å². The van der Waals surface area contributed by atoms with E-state index < -0.39 is 0 Å². The zero-order valence-corrected chi connectivity index (χ0v) is 32.1. The highest BCUT2D eigenvalue weighted by molar-refractivity contribution is 6.12. The summed E-state index contributed by atoms with van der Waals surface area (Å²) in [5.41, 5.74) is 16.6. The zero-order chi connectivity index (χ0) is 38.8. The van der Waals surface area contributed by atoms with Gasteiger partial charge in [0.15, 0.2) is 17.5 Å². The van der Waals surface area contributed by atoms with E-state index in [4.69, 9.17) is 19.4 Å². The number of fused-ring (bicyclic) bond motifs is 6. The summed E-state index contributed by atoms with van der Waals surface area (Å²) >= 11 is 0. The molecule has 1 aliphatic rings. The van der Waals surface area contributed by atoms with Crippen molar-refractivity contribution < 1.29 is 4.42 Å². The lowest BCUT2D eigenvalue weighted by atomic mass is 9.81. The molecule has 10 aromatic rings. The molecule has 0 aliphatic heterocycles. The van der Waals surface area contributed by atoms with Gasteiger partial charge in [-0.15, -0.1) is 0 Å². The first-order valence-corrected chi connectivity index (χ1v) is 19.8. The van der Waals surface area contributed by atoms with E-state index in [2.05, 4.69) is 147 Å². The molecule has 2 aromatic heterocycles. The molecule has 0 amide bonds. The van der Waals surface area contributed by atoms with E-state index in [9.17, 15) is 0 Å². The second-order valence-corrected chi connectivity index (χ2v) is 15.6. The molecule has 0 unspecified atom stereocenters. The van der Waals surface area contributed by atoms with Gasteiger partial charge in [0.1, 0.15) is 11.2 Å². The van der Waals surface area contributed by atoms with Crippen molar-refractivity contribution in [1.82, 2.24) is 15.0 Å². The fraction of sp³-hybridized carbons (Fsp3) is 0.0556. The van der Waals surface area contributed by atoms with Gasteiger partial charge in [-0.05, 0) is 79.9 Å². The van der Waals surface area contributed by atoms with Crippen LogP contribution in [0.2, 0.25) is 0 Å². The predicted octanol–water partition coefficient (Wildman–Crippen LogP) is 14.1. The summed E-state index contributed by atoms with van der Waals surface area (Å²) in [6.45, 7) is 4.66. The number of hydrogen-bond donors (Lipinski definition) is 0. The van der Waals surface area contributed by atoms with Gasteiger partial charge in [0.25, 0.3) is 0 Å². The molecule has 0 spiro atoms. The van der Waals surface area contributed by atoms with E-state index in [0.717, 1.165) is 60.9 Å². The lowest BCUT2D eigenvalue weighted by Crippen LogP contribution is -2.14. The van der Waals surface area contributed by atoms with Gasteiger partial charge in [-0.2, -0.15) is 0 Å². The Kier molecular flexibility index (Phi) is 7.80. The van der Waals surface area contributed by atoms with Crippen molar-refractivity contribution in [1.29, 1.82) is 0 Å². The second kappa shape index (κ2) is 13.4. The van der Waals surface area contributed by atoms with Crippen LogP contribution in [-0.2, 0) is 5.41 Å². The summed E-state index contributed by atoms with van der Waals surface area (Å²) in [4.78, 5) is 15.4. The molecule has 8 aromatic carbocycles. The third-order valence-corrected chi connectivity index (χ3v) is 11.8. The molecule has 4 nitrogen and oxygen atoms in total. The largest absolute Gasteiger partial charge is 0.456 e. The van der Waals surface area contributed by atoms with Crippen LogP contribution in [0.5, 0.6) is 0 Å². The maximum Gasteiger partial charge on any atom is 0.164 e. The number of nitrogens with zero attached hydrogens (tertiary/aromatic N) is 3. The van der Waals surface area contributed by atoms with Crippen molar-refractivity contribution in [2.45, 2.75) is 19.3 Å². The molecule has 0 bridgehead atoms. The van der Waals surface area contributed by atoms with E-state index >= 15 is 0 Å². The van der Waals surface area contributed by atoms with Crippen LogP contribution in [0.25, 0.3) is 101 Å². The minimum Gasteiger partial charge on any atom is -0.456 e. The monoisotopic (exact) mass is 743 g/mol. The Morgan fingerprint density at radius 2 is 0.879 bits per heavy atom. The number of hydrogen-bond acceptors (Lipinski definition) is 4. The van der Waals surface area contributed by atoms with Crippen LogP contribution in [-0.4, -0.2) is 15.0 Å². The number of benzene rings is 8. The average molecular weight is 744 g/mol. The fourth-order valence-electron chi connectivity index (χ4n) is 8.81. The van der Waals surface area contributed by atoms with Gasteiger partial charge < -0.3 is 4.42 Å². The fourth-order valence-corrected chi connectivity index (χ4v) is 8.81. The van der Waals surface area contributed by atoms with Crippen LogP contribution in [0.15, 0.2) is 192 Å². The second-order valence-electron chi connectivity index (χ2n) is 15.6. The Labute approximate surface area is 337 Å². The molecule has 0 radical (unpaired) electrons. The van der Waals surface area contributed by atoms with E-state index in [1.165, 1.54) is 33.4 Å². The summed E-state index contributed by atoms with van der Waals surface area (Å²) in [5, 5.41) is 1.99. The Bertz CT molecular complexity index is 3180. The Morgan fingerprint density at radius 1 is 0.345 bits per heavy atom. The molecule has 0 atom stereocenters. The summed E-state index contributed by atoms with van der Waals surface area (Å²) < 4.78 is 6.49.